The van der Waals surface area contributed by atoms with Gasteiger partial charge in [0.25, 0.3) is 0 Å². The molecule has 1 aliphatic carbocycles. The van der Waals surface area contributed by atoms with Crippen LogP contribution >= 0.6 is 0 Å². The molecule has 42 heavy (non-hydrogen) atoms. The van der Waals surface area contributed by atoms with Gasteiger partial charge in [-0.05, 0) is 70.2 Å². The number of aromatic amines is 1. The lowest BCUT2D eigenvalue weighted by atomic mass is 9.91. The van der Waals surface area contributed by atoms with Crippen LogP contribution in [0.15, 0.2) is 42.7 Å². The number of hydrogen-bond acceptors (Lipinski definition) is 9. The number of fused-ring (bicyclic) bond motifs is 1. The van der Waals surface area contributed by atoms with Gasteiger partial charge in [0.05, 0.1) is 16.6 Å². The molecule has 0 spiro atoms. The number of ether oxygens (including phenoxy) is 1. The highest BCUT2D eigenvalue weighted by molar-refractivity contribution is 5.89. The first-order chi connectivity index (χ1) is 19.9. The Kier molecular flexibility index (Phi) is 8.14. The fourth-order valence-electron chi connectivity index (χ4n) is 4.73. The molecule has 1 saturated carbocycles. The zero-order valence-electron chi connectivity index (χ0n) is 23.4. The number of benzene rings is 1. The molecule has 3 aromatic heterocycles. The molecule has 4 aromatic rings. The number of rotatable bonds is 7. The highest BCUT2D eigenvalue weighted by Crippen LogP contribution is 2.30. The van der Waals surface area contributed by atoms with E-state index in [0.717, 1.165) is 37.8 Å². The number of carbonyl (C=O) groups is 1. The van der Waals surface area contributed by atoms with Crippen LogP contribution in [0.3, 0.4) is 0 Å². The average Bonchev–Trinajstić information content (AvgIpc) is 3.35. The van der Waals surface area contributed by atoms with Gasteiger partial charge in [0.1, 0.15) is 11.3 Å². The number of amides is 1. The van der Waals surface area contributed by atoms with Crippen molar-refractivity contribution in [1.82, 2.24) is 35.5 Å². The van der Waals surface area contributed by atoms with Crippen molar-refractivity contribution in [2.24, 2.45) is 0 Å². The van der Waals surface area contributed by atoms with E-state index in [1.807, 2.05) is 20.8 Å². The van der Waals surface area contributed by atoms with Gasteiger partial charge in [-0.15, -0.1) is 0 Å². The summed E-state index contributed by atoms with van der Waals surface area (Å²) in [7, 11) is 0. The van der Waals surface area contributed by atoms with E-state index in [1.165, 1.54) is 6.07 Å². The Morgan fingerprint density at radius 1 is 1.02 bits per heavy atom. The van der Waals surface area contributed by atoms with E-state index in [1.54, 1.807) is 24.5 Å². The molecule has 1 fully saturated rings. The number of alkyl halides is 3. The number of nitrogens with one attached hydrogen (secondary N) is 4. The molecule has 222 valence electrons. The third-order valence-corrected chi connectivity index (χ3v) is 6.70. The van der Waals surface area contributed by atoms with Gasteiger partial charge in [-0.25, -0.2) is 19.7 Å². The minimum absolute atomic E-state index is 0.0637. The average molecular weight is 584 g/mol. The Labute approximate surface area is 240 Å². The Balaban J connectivity index is 1.19. The molecule has 0 unspecified atom stereocenters. The predicted octanol–water partition coefficient (Wildman–Crippen LogP) is 5.69. The van der Waals surface area contributed by atoms with Gasteiger partial charge in [-0.2, -0.15) is 23.3 Å². The number of carbonyl (C=O) groups excluding carboxylic acids is 1. The van der Waals surface area contributed by atoms with Crippen LogP contribution in [-0.4, -0.2) is 53.9 Å². The number of anilines is 2. The number of hydrogen-bond donors (Lipinski definition) is 4. The van der Waals surface area contributed by atoms with Gasteiger partial charge in [-0.1, -0.05) is 12.1 Å². The van der Waals surface area contributed by atoms with Crippen LogP contribution in [0.5, 0.6) is 0 Å². The van der Waals surface area contributed by atoms with Crippen LogP contribution in [0.2, 0.25) is 0 Å². The lowest BCUT2D eigenvalue weighted by Gasteiger charge is -2.30. The van der Waals surface area contributed by atoms with E-state index in [0.29, 0.717) is 33.9 Å². The number of alkyl carbamates (subject to hydrolysis) is 1. The fourth-order valence-corrected chi connectivity index (χ4v) is 4.73. The van der Waals surface area contributed by atoms with Crippen molar-refractivity contribution >= 4 is 29.0 Å². The van der Waals surface area contributed by atoms with Crippen LogP contribution in [0.1, 0.15) is 57.6 Å². The van der Waals surface area contributed by atoms with Gasteiger partial charge < -0.3 is 20.7 Å². The standard InChI is InChI=1S/C28H32F3N9O2/c1-27(2,3)42-26(41)36-19-9-7-18(8-10-19)35-25-34-15-20-22(39-40-23(20)38-25)21-11-12-32-24(37-21)33-14-16-5-4-6-17(13-16)28(29,30)31/h4-6,11-13,15,18-19H,7-10,14H2,1-3H3,(H,36,41)(H,32,33,37)(H2,34,35,38,39,40). The zero-order chi connectivity index (χ0) is 29.9. The molecule has 0 saturated heterocycles. The van der Waals surface area contributed by atoms with Gasteiger partial charge in [0, 0.05) is 31.0 Å². The normalized spacial score (nSPS) is 17.6. The lowest BCUT2D eigenvalue weighted by molar-refractivity contribution is -0.137. The molecule has 0 aliphatic heterocycles. The summed E-state index contributed by atoms with van der Waals surface area (Å²) in [4.78, 5) is 29.8. The van der Waals surface area contributed by atoms with Crippen LogP contribution in [0.25, 0.3) is 22.4 Å². The van der Waals surface area contributed by atoms with Crippen molar-refractivity contribution in [2.45, 2.75) is 76.9 Å². The molecule has 5 rings (SSSR count). The molecule has 3 heterocycles. The summed E-state index contributed by atoms with van der Waals surface area (Å²) in [6.45, 7) is 5.63. The van der Waals surface area contributed by atoms with E-state index < -0.39 is 23.4 Å². The Bertz CT molecular complexity index is 1540. The second-order valence-corrected chi connectivity index (χ2v) is 11.2. The molecule has 0 radical (unpaired) electrons. The fraction of sp³-hybridized carbons (Fsp3) is 0.429. The molecule has 14 heteroatoms. The SMILES string of the molecule is CC(C)(C)OC(=O)NC1CCC(Nc2ncc3c(-c4ccnc(NCc5cccc(C(F)(F)F)c5)n4)n[nH]c3n2)CC1. The van der Waals surface area contributed by atoms with Crippen molar-refractivity contribution < 1.29 is 22.7 Å². The van der Waals surface area contributed by atoms with Crippen molar-refractivity contribution in [3.63, 3.8) is 0 Å². The van der Waals surface area contributed by atoms with Crippen LogP contribution in [0.4, 0.5) is 29.9 Å². The summed E-state index contributed by atoms with van der Waals surface area (Å²) in [5.41, 5.74) is 0.757. The minimum atomic E-state index is -4.41. The summed E-state index contributed by atoms with van der Waals surface area (Å²) in [5, 5.41) is 17.2. The van der Waals surface area contributed by atoms with Crippen LogP contribution in [0, 0.1) is 0 Å². The Hall–Kier alpha value is -4.49. The maximum absolute atomic E-state index is 13.0. The topological polar surface area (TPSA) is 143 Å². The third-order valence-electron chi connectivity index (χ3n) is 6.70. The summed E-state index contributed by atoms with van der Waals surface area (Å²) >= 11 is 0. The monoisotopic (exact) mass is 583 g/mol. The smallest absolute Gasteiger partial charge is 0.416 e. The van der Waals surface area contributed by atoms with E-state index in [9.17, 15) is 18.0 Å². The summed E-state index contributed by atoms with van der Waals surface area (Å²) < 4.78 is 44.4. The van der Waals surface area contributed by atoms with Gasteiger partial charge in [-0.3, -0.25) is 5.10 Å². The van der Waals surface area contributed by atoms with Crippen molar-refractivity contribution in [3.05, 3.63) is 53.9 Å². The quantitative estimate of drug-likeness (QED) is 0.216. The predicted molar refractivity (Wildman–Crippen MR) is 151 cm³/mol. The van der Waals surface area contributed by atoms with Crippen molar-refractivity contribution in [1.29, 1.82) is 0 Å². The first-order valence-corrected chi connectivity index (χ1v) is 13.6. The van der Waals surface area contributed by atoms with Gasteiger partial charge in [0.15, 0.2) is 5.65 Å². The zero-order valence-corrected chi connectivity index (χ0v) is 23.4. The van der Waals surface area contributed by atoms with Crippen molar-refractivity contribution in [2.75, 3.05) is 10.6 Å². The van der Waals surface area contributed by atoms with Crippen LogP contribution < -0.4 is 16.0 Å². The van der Waals surface area contributed by atoms with Crippen LogP contribution in [-0.2, 0) is 17.5 Å². The number of halogens is 3. The largest absolute Gasteiger partial charge is 0.444 e. The third kappa shape index (κ3) is 7.42. The second-order valence-electron chi connectivity index (χ2n) is 11.2. The van der Waals surface area contributed by atoms with E-state index in [-0.39, 0.29) is 24.6 Å². The summed E-state index contributed by atoms with van der Waals surface area (Å²) in [6, 6.07) is 6.99. The molecule has 11 nitrogen and oxygen atoms in total. The van der Waals surface area contributed by atoms with Gasteiger partial charge in [0.2, 0.25) is 11.9 Å². The number of nitrogens with zero attached hydrogens (tertiary/aromatic N) is 5. The first-order valence-electron chi connectivity index (χ1n) is 13.6. The molecule has 1 aliphatic rings. The van der Waals surface area contributed by atoms with E-state index in [4.69, 9.17) is 4.74 Å². The first kappa shape index (κ1) is 29.0. The van der Waals surface area contributed by atoms with E-state index >= 15 is 0 Å². The summed E-state index contributed by atoms with van der Waals surface area (Å²) in [5.74, 6) is 0.712. The molecule has 4 N–H and O–H groups in total. The number of aromatic nitrogens is 6. The molecular formula is C28H32F3N9O2. The maximum atomic E-state index is 13.0. The number of H-pyrrole nitrogens is 1. The highest BCUT2D eigenvalue weighted by atomic mass is 19.4. The molecular weight excluding hydrogens is 551 g/mol. The lowest BCUT2D eigenvalue weighted by Crippen LogP contribution is -2.42. The Morgan fingerprint density at radius 2 is 1.79 bits per heavy atom. The highest BCUT2D eigenvalue weighted by Gasteiger charge is 2.30. The second kappa shape index (κ2) is 11.8. The molecule has 1 aromatic carbocycles. The molecule has 0 atom stereocenters. The van der Waals surface area contributed by atoms with E-state index in [2.05, 4.69) is 46.1 Å². The van der Waals surface area contributed by atoms with Gasteiger partial charge >= 0.3 is 12.3 Å². The molecule has 0 bridgehead atoms. The Morgan fingerprint density at radius 3 is 2.52 bits per heavy atom. The molecule has 1 amide bonds. The maximum Gasteiger partial charge on any atom is 0.416 e. The summed E-state index contributed by atoms with van der Waals surface area (Å²) in [6.07, 6.45) is 1.70. The minimum Gasteiger partial charge on any atom is -0.444 e. The van der Waals surface area contributed by atoms with Crippen molar-refractivity contribution in [3.8, 4) is 11.4 Å².